The summed E-state index contributed by atoms with van der Waals surface area (Å²) in [7, 11) is 0. The molecule has 0 amide bonds. The third-order valence-corrected chi connectivity index (χ3v) is 13.8. The smallest absolute Gasteiger partial charge is 0.308 e. The number of nitrogens with zero attached hydrogens (tertiary/aromatic N) is 3. The molecule has 0 spiro atoms. The van der Waals surface area contributed by atoms with Crippen molar-refractivity contribution in [3.05, 3.63) is 169 Å². The molecule has 58 heavy (non-hydrogen) atoms. The zero-order chi connectivity index (χ0) is 38.9. The van der Waals surface area contributed by atoms with Crippen LogP contribution in [0.3, 0.4) is 0 Å². The average molecular weight is 790 g/mol. The van der Waals surface area contributed by atoms with Crippen LogP contribution in [0.4, 0.5) is 13.2 Å². The SMILES string of the molecule is N#Cc1cccc(-c2cc(-n3c4ccccc4c4ccc5sc6ccccc6c5c43)c(C(F)(F)F)cc2-n2c3ccccc3c3ccc4sc5ccccc5c4c32)c1. The highest BCUT2D eigenvalue weighted by Gasteiger charge is 2.37. The lowest BCUT2D eigenvalue weighted by Gasteiger charge is -2.22. The van der Waals surface area contributed by atoms with E-state index < -0.39 is 11.7 Å². The minimum Gasteiger partial charge on any atom is -0.308 e. The first kappa shape index (κ1) is 33.2. The van der Waals surface area contributed by atoms with E-state index in [1.807, 2.05) is 94.1 Å². The summed E-state index contributed by atoms with van der Waals surface area (Å²) in [5.41, 5.74) is 4.34. The summed E-state index contributed by atoms with van der Waals surface area (Å²) in [6, 6.07) is 52.8. The molecule has 0 fully saturated rings. The normalized spacial score (nSPS) is 12.4. The Morgan fingerprint density at radius 3 is 1.53 bits per heavy atom. The molecule has 0 bridgehead atoms. The molecule has 8 heteroatoms. The van der Waals surface area contributed by atoms with E-state index in [9.17, 15) is 5.26 Å². The fourth-order valence-electron chi connectivity index (χ4n) is 9.19. The predicted octanol–water partition coefficient (Wildman–Crippen LogP) is 15.2. The molecule has 0 aliphatic rings. The average Bonchev–Trinajstić information content (AvgIpc) is 4.00. The number of halogens is 3. The molecule has 0 atom stereocenters. The summed E-state index contributed by atoms with van der Waals surface area (Å²) in [4.78, 5) is 0. The summed E-state index contributed by atoms with van der Waals surface area (Å²) in [6.07, 6.45) is -4.75. The second-order valence-corrected chi connectivity index (χ2v) is 16.8. The number of rotatable bonds is 3. The standard InChI is InChI=1S/C50H26F3N3S2/c51-50(52,53)37-26-40(55-38-16-5-1-12-30(38)32-20-22-44-46(48(32)55)34-14-3-7-18-42(34)57-44)36(29-11-9-10-28(24-29)27-54)25-41(37)56-39-17-6-2-13-31(39)33-21-23-45-47(49(33)56)35-15-4-8-19-43(35)58-45/h1-26H. The van der Waals surface area contributed by atoms with E-state index in [0.29, 0.717) is 27.9 Å². The molecule has 0 unspecified atom stereocenters. The number of aromatic nitrogens is 2. The van der Waals surface area contributed by atoms with Crippen LogP contribution in [0.1, 0.15) is 11.1 Å². The Balaban J connectivity index is 1.30. The van der Waals surface area contributed by atoms with Gasteiger partial charge in [0.05, 0.1) is 50.6 Å². The molecule has 4 heterocycles. The van der Waals surface area contributed by atoms with Crippen LogP contribution in [-0.2, 0) is 6.18 Å². The highest BCUT2D eigenvalue weighted by Crippen LogP contribution is 2.49. The van der Waals surface area contributed by atoms with Gasteiger partial charge in [-0.05, 0) is 66.2 Å². The Bertz CT molecular complexity index is 3760. The Hall–Kier alpha value is -6.92. The molecule has 12 aromatic rings. The number of hydrogen-bond donors (Lipinski definition) is 0. The van der Waals surface area contributed by atoms with E-state index >= 15 is 13.2 Å². The minimum absolute atomic E-state index is 0.0227. The Morgan fingerprint density at radius 1 is 0.466 bits per heavy atom. The van der Waals surface area contributed by atoms with E-state index in [1.165, 1.54) is 6.07 Å². The number of nitriles is 1. The van der Waals surface area contributed by atoms with Crippen molar-refractivity contribution in [2.75, 3.05) is 0 Å². The number of hydrogen-bond acceptors (Lipinski definition) is 3. The number of benzene rings is 8. The van der Waals surface area contributed by atoms with E-state index in [1.54, 1.807) is 46.9 Å². The quantitative estimate of drug-likeness (QED) is 0.175. The molecule has 3 nitrogen and oxygen atoms in total. The zero-order valence-corrected chi connectivity index (χ0v) is 31.9. The maximum atomic E-state index is 16.2. The van der Waals surface area contributed by atoms with Gasteiger partial charge in [0.25, 0.3) is 0 Å². The molecule has 8 aromatic carbocycles. The topological polar surface area (TPSA) is 33.6 Å². The van der Waals surface area contributed by atoms with Crippen LogP contribution < -0.4 is 0 Å². The zero-order valence-electron chi connectivity index (χ0n) is 30.3. The van der Waals surface area contributed by atoms with Gasteiger partial charge >= 0.3 is 6.18 Å². The molecule has 0 N–H and O–H groups in total. The van der Waals surface area contributed by atoms with Gasteiger partial charge in [-0.25, -0.2) is 0 Å². The van der Waals surface area contributed by atoms with Crippen molar-refractivity contribution in [3.63, 3.8) is 0 Å². The minimum atomic E-state index is -4.75. The van der Waals surface area contributed by atoms with Crippen LogP contribution in [0, 0.1) is 11.3 Å². The van der Waals surface area contributed by atoms with E-state index in [-0.39, 0.29) is 5.69 Å². The van der Waals surface area contributed by atoms with Crippen LogP contribution in [0.25, 0.3) is 106 Å². The van der Waals surface area contributed by atoms with Crippen molar-refractivity contribution in [1.82, 2.24) is 9.13 Å². The number of alkyl halides is 3. The van der Waals surface area contributed by atoms with Gasteiger partial charge in [-0.15, -0.1) is 22.7 Å². The van der Waals surface area contributed by atoms with Crippen molar-refractivity contribution in [3.8, 4) is 28.6 Å². The fraction of sp³-hybridized carbons (Fsp3) is 0.0200. The maximum absolute atomic E-state index is 16.2. The van der Waals surface area contributed by atoms with Crippen molar-refractivity contribution in [2.45, 2.75) is 6.18 Å². The highest BCUT2D eigenvalue weighted by molar-refractivity contribution is 7.26. The molecule has 0 radical (unpaired) electrons. The Kier molecular flexibility index (Phi) is 6.90. The molecular formula is C50H26F3N3S2. The Morgan fingerprint density at radius 2 is 0.983 bits per heavy atom. The first-order valence-electron chi connectivity index (χ1n) is 18.8. The number of fused-ring (bicyclic) bond motifs is 14. The van der Waals surface area contributed by atoms with Gasteiger partial charge in [0.1, 0.15) is 0 Å². The summed E-state index contributed by atoms with van der Waals surface area (Å²) < 4.78 is 56.7. The molecule has 0 aliphatic heterocycles. The van der Waals surface area contributed by atoms with Gasteiger partial charge in [-0.3, -0.25) is 0 Å². The van der Waals surface area contributed by atoms with Gasteiger partial charge in [-0.1, -0.05) is 97.1 Å². The lowest BCUT2D eigenvalue weighted by atomic mass is 9.97. The molecule has 274 valence electrons. The first-order valence-corrected chi connectivity index (χ1v) is 20.4. The second kappa shape index (κ2) is 12.0. The largest absolute Gasteiger partial charge is 0.418 e. The van der Waals surface area contributed by atoms with Crippen LogP contribution >= 0.6 is 22.7 Å². The number of thiophene rings is 2. The molecule has 12 rings (SSSR count). The lowest BCUT2D eigenvalue weighted by Crippen LogP contribution is -2.13. The molecule has 4 aromatic heterocycles. The highest BCUT2D eigenvalue weighted by atomic mass is 32.1. The molecule has 0 aliphatic carbocycles. The van der Waals surface area contributed by atoms with Crippen LogP contribution in [0.5, 0.6) is 0 Å². The van der Waals surface area contributed by atoms with E-state index in [4.69, 9.17) is 0 Å². The van der Waals surface area contributed by atoms with Crippen molar-refractivity contribution in [1.29, 1.82) is 5.26 Å². The van der Waals surface area contributed by atoms with Crippen LogP contribution in [0.15, 0.2) is 158 Å². The third kappa shape index (κ3) is 4.60. The van der Waals surface area contributed by atoms with Gasteiger partial charge < -0.3 is 9.13 Å². The van der Waals surface area contributed by atoms with Gasteiger partial charge in [0, 0.05) is 67.5 Å². The van der Waals surface area contributed by atoms with Crippen molar-refractivity contribution >= 4 is 107 Å². The monoisotopic (exact) mass is 789 g/mol. The summed E-state index contributed by atoms with van der Waals surface area (Å²) in [5, 5.41) is 17.7. The fourth-order valence-corrected chi connectivity index (χ4v) is 11.4. The molecule has 0 saturated carbocycles. The van der Waals surface area contributed by atoms with Crippen molar-refractivity contribution in [2.24, 2.45) is 0 Å². The molecule has 0 saturated heterocycles. The van der Waals surface area contributed by atoms with Gasteiger partial charge in [-0.2, -0.15) is 18.4 Å². The lowest BCUT2D eigenvalue weighted by molar-refractivity contribution is -0.137. The van der Waals surface area contributed by atoms with Gasteiger partial charge in [0.15, 0.2) is 0 Å². The molecular weight excluding hydrogens is 764 g/mol. The summed E-state index contributed by atoms with van der Waals surface area (Å²) in [6.45, 7) is 0. The summed E-state index contributed by atoms with van der Waals surface area (Å²) >= 11 is 3.32. The maximum Gasteiger partial charge on any atom is 0.418 e. The van der Waals surface area contributed by atoms with Gasteiger partial charge in [0.2, 0.25) is 0 Å². The van der Waals surface area contributed by atoms with Crippen LogP contribution in [0.2, 0.25) is 0 Å². The predicted molar refractivity (Wildman–Crippen MR) is 236 cm³/mol. The van der Waals surface area contributed by atoms with Crippen molar-refractivity contribution < 1.29 is 13.2 Å². The van der Waals surface area contributed by atoms with E-state index in [2.05, 4.69) is 48.5 Å². The van der Waals surface area contributed by atoms with Crippen LogP contribution in [-0.4, -0.2) is 9.13 Å². The Labute approximate surface area is 336 Å². The second-order valence-electron chi connectivity index (χ2n) is 14.6. The third-order valence-electron chi connectivity index (χ3n) is 11.6. The van der Waals surface area contributed by atoms with E-state index in [0.717, 1.165) is 78.4 Å². The first-order chi connectivity index (χ1) is 28.4. The summed E-state index contributed by atoms with van der Waals surface area (Å²) in [5.74, 6) is 0. The number of para-hydroxylation sites is 2.